The molecule has 0 saturated heterocycles. The molecule has 1 rings (SSSR count). The van der Waals surface area contributed by atoms with E-state index in [1.165, 1.54) is 18.2 Å². The number of hydrazone groups is 1. The Morgan fingerprint density at radius 1 is 1.38 bits per heavy atom. The van der Waals surface area contributed by atoms with Gasteiger partial charge in [0.05, 0.1) is 12.0 Å². The first-order valence-corrected chi connectivity index (χ1v) is 6.78. The summed E-state index contributed by atoms with van der Waals surface area (Å²) in [7, 11) is 0. The molecule has 21 heavy (non-hydrogen) atoms. The molecular weight excluding hydrogens is 294 g/mol. The van der Waals surface area contributed by atoms with Crippen LogP contribution in [0.5, 0.6) is 5.75 Å². The van der Waals surface area contributed by atoms with Crippen molar-refractivity contribution in [3.8, 4) is 5.75 Å². The van der Waals surface area contributed by atoms with Gasteiger partial charge < -0.3 is 10.4 Å². The van der Waals surface area contributed by atoms with E-state index in [1.54, 1.807) is 6.92 Å². The maximum atomic E-state index is 11.8. The Bertz CT molecular complexity index is 571. The largest absolute Gasteiger partial charge is 0.507 e. The van der Waals surface area contributed by atoms with Crippen molar-refractivity contribution in [2.24, 2.45) is 5.10 Å². The summed E-state index contributed by atoms with van der Waals surface area (Å²) in [6.45, 7) is 5.33. The molecule has 0 heterocycles. The van der Waals surface area contributed by atoms with Crippen LogP contribution in [-0.4, -0.2) is 28.7 Å². The second-order valence-electron chi connectivity index (χ2n) is 4.85. The van der Waals surface area contributed by atoms with E-state index in [0.29, 0.717) is 10.7 Å². The van der Waals surface area contributed by atoms with Gasteiger partial charge in [-0.2, -0.15) is 5.10 Å². The highest BCUT2D eigenvalue weighted by atomic mass is 35.5. The minimum absolute atomic E-state index is 0.0191. The molecule has 0 unspecified atom stereocenters. The number of aromatic hydroxyl groups is 1. The zero-order valence-corrected chi connectivity index (χ0v) is 12.9. The lowest BCUT2D eigenvalue weighted by Gasteiger charge is -2.08. The van der Waals surface area contributed by atoms with Crippen LogP contribution in [0.3, 0.4) is 0 Å². The molecule has 114 valence electrons. The van der Waals surface area contributed by atoms with Gasteiger partial charge in [0.15, 0.2) is 0 Å². The Morgan fingerprint density at radius 2 is 2.05 bits per heavy atom. The molecule has 0 saturated carbocycles. The molecule has 0 bridgehead atoms. The van der Waals surface area contributed by atoms with Crippen LogP contribution in [0, 0.1) is 0 Å². The van der Waals surface area contributed by atoms with Crippen LogP contribution in [0.1, 0.15) is 37.6 Å². The lowest BCUT2D eigenvalue weighted by molar-refractivity contribution is -0.120. The highest BCUT2D eigenvalue weighted by Crippen LogP contribution is 2.21. The molecule has 1 aromatic rings. The molecule has 1 aromatic carbocycles. The molecule has 0 aromatic heterocycles. The topological polar surface area (TPSA) is 90.8 Å². The van der Waals surface area contributed by atoms with Gasteiger partial charge in [-0.15, -0.1) is 0 Å². The number of carbonyl (C=O) groups excluding carboxylic acids is 2. The highest BCUT2D eigenvalue weighted by molar-refractivity contribution is 6.31. The Balaban J connectivity index is 2.64. The van der Waals surface area contributed by atoms with Gasteiger partial charge in [-0.3, -0.25) is 9.59 Å². The number of hydrogen-bond acceptors (Lipinski definition) is 4. The van der Waals surface area contributed by atoms with Gasteiger partial charge >= 0.3 is 0 Å². The number of hydrogen-bond donors (Lipinski definition) is 3. The molecule has 0 aliphatic rings. The third-order valence-electron chi connectivity index (χ3n) is 2.42. The van der Waals surface area contributed by atoms with Crippen molar-refractivity contribution in [2.45, 2.75) is 33.2 Å². The number of rotatable bonds is 5. The molecule has 0 radical (unpaired) electrons. The van der Waals surface area contributed by atoms with E-state index in [1.807, 2.05) is 13.8 Å². The number of amides is 2. The maximum absolute atomic E-state index is 11.8. The summed E-state index contributed by atoms with van der Waals surface area (Å²) in [5.41, 5.74) is 2.74. The van der Waals surface area contributed by atoms with Crippen molar-refractivity contribution in [2.75, 3.05) is 0 Å². The van der Waals surface area contributed by atoms with Crippen LogP contribution in [0.25, 0.3) is 0 Å². The molecular formula is C14H18ClN3O3. The lowest BCUT2D eigenvalue weighted by Crippen LogP contribution is -2.31. The van der Waals surface area contributed by atoms with Crippen molar-refractivity contribution in [3.05, 3.63) is 28.8 Å². The summed E-state index contributed by atoms with van der Waals surface area (Å²) in [6.07, 6.45) is 0.0833. The SMILES string of the molecule is C/C(CC(=O)NC(C)C)=N/NC(=O)c1cc(Cl)ccc1O. The summed E-state index contributed by atoms with van der Waals surface area (Å²) in [5, 5.41) is 16.5. The predicted octanol–water partition coefficient (Wildman–Crippen LogP) is 2.07. The zero-order valence-electron chi connectivity index (χ0n) is 12.1. The second kappa shape index (κ2) is 7.64. The molecule has 3 N–H and O–H groups in total. The lowest BCUT2D eigenvalue weighted by atomic mass is 10.2. The first-order chi connectivity index (χ1) is 9.79. The van der Waals surface area contributed by atoms with E-state index in [-0.39, 0.29) is 29.7 Å². The first-order valence-electron chi connectivity index (χ1n) is 6.41. The zero-order chi connectivity index (χ0) is 16.0. The summed E-state index contributed by atoms with van der Waals surface area (Å²) >= 11 is 5.76. The van der Waals surface area contributed by atoms with E-state index in [4.69, 9.17) is 11.6 Å². The molecule has 0 aliphatic heterocycles. The van der Waals surface area contributed by atoms with Gasteiger partial charge in [0.1, 0.15) is 5.75 Å². The number of phenols is 1. The van der Waals surface area contributed by atoms with Crippen LogP contribution in [0.15, 0.2) is 23.3 Å². The van der Waals surface area contributed by atoms with Gasteiger partial charge in [-0.25, -0.2) is 5.43 Å². The van der Waals surface area contributed by atoms with Gasteiger partial charge in [0.2, 0.25) is 5.91 Å². The quantitative estimate of drug-likeness (QED) is 0.574. The average molecular weight is 312 g/mol. The monoisotopic (exact) mass is 311 g/mol. The van der Waals surface area contributed by atoms with Crippen LogP contribution in [0.2, 0.25) is 5.02 Å². The van der Waals surface area contributed by atoms with E-state index >= 15 is 0 Å². The molecule has 6 nitrogen and oxygen atoms in total. The predicted molar refractivity (Wildman–Crippen MR) is 81.6 cm³/mol. The van der Waals surface area contributed by atoms with Gasteiger partial charge in [-0.05, 0) is 39.0 Å². The fourth-order valence-corrected chi connectivity index (χ4v) is 1.71. The smallest absolute Gasteiger partial charge is 0.275 e. The number of phenolic OH excluding ortho intramolecular Hbond substituents is 1. The van der Waals surface area contributed by atoms with E-state index in [2.05, 4.69) is 15.8 Å². The molecule has 0 spiro atoms. The minimum Gasteiger partial charge on any atom is -0.507 e. The van der Waals surface area contributed by atoms with E-state index in [9.17, 15) is 14.7 Å². The number of halogens is 1. The highest BCUT2D eigenvalue weighted by Gasteiger charge is 2.11. The van der Waals surface area contributed by atoms with Crippen LogP contribution >= 0.6 is 11.6 Å². The normalized spacial score (nSPS) is 11.4. The van der Waals surface area contributed by atoms with Crippen molar-refractivity contribution >= 4 is 29.1 Å². The summed E-state index contributed by atoms with van der Waals surface area (Å²) in [4.78, 5) is 23.4. The molecule has 2 amide bonds. The Kier molecular flexibility index (Phi) is 6.17. The maximum Gasteiger partial charge on any atom is 0.275 e. The van der Waals surface area contributed by atoms with Gasteiger partial charge in [0.25, 0.3) is 5.91 Å². The van der Waals surface area contributed by atoms with Crippen LogP contribution in [0.4, 0.5) is 0 Å². The third kappa shape index (κ3) is 5.83. The summed E-state index contributed by atoms with van der Waals surface area (Å²) < 4.78 is 0. The fraction of sp³-hybridized carbons (Fsp3) is 0.357. The first kappa shape index (κ1) is 17.0. The standard InChI is InChI=1S/C14H18ClN3O3/c1-8(2)16-13(20)6-9(3)17-18-14(21)11-7-10(15)4-5-12(11)19/h4-5,7-8,19H,6H2,1-3H3,(H,16,20)(H,18,21)/b17-9-. The Labute approximate surface area is 128 Å². The molecule has 7 heteroatoms. The van der Waals surface area contributed by atoms with Crippen LogP contribution < -0.4 is 10.7 Å². The van der Waals surface area contributed by atoms with E-state index < -0.39 is 5.91 Å². The fourth-order valence-electron chi connectivity index (χ4n) is 1.54. The van der Waals surface area contributed by atoms with Crippen molar-refractivity contribution in [1.29, 1.82) is 0 Å². The van der Waals surface area contributed by atoms with Crippen molar-refractivity contribution < 1.29 is 14.7 Å². The molecule has 0 fully saturated rings. The molecule has 0 atom stereocenters. The third-order valence-corrected chi connectivity index (χ3v) is 2.65. The van der Waals surface area contributed by atoms with Crippen LogP contribution in [-0.2, 0) is 4.79 Å². The summed E-state index contributed by atoms with van der Waals surface area (Å²) in [5.74, 6) is -0.966. The van der Waals surface area contributed by atoms with Gasteiger partial charge in [-0.1, -0.05) is 11.6 Å². The van der Waals surface area contributed by atoms with Crippen molar-refractivity contribution in [3.63, 3.8) is 0 Å². The van der Waals surface area contributed by atoms with Gasteiger partial charge in [0, 0.05) is 16.8 Å². The Morgan fingerprint density at radius 3 is 2.67 bits per heavy atom. The number of benzene rings is 1. The Hall–Kier alpha value is -2.08. The average Bonchev–Trinajstić information content (AvgIpc) is 2.37. The van der Waals surface area contributed by atoms with Crippen molar-refractivity contribution in [1.82, 2.24) is 10.7 Å². The minimum atomic E-state index is -0.599. The number of nitrogens with one attached hydrogen (secondary N) is 2. The summed E-state index contributed by atoms with van der Waals surface area (Å²) in [6, 6.07) is 4.17. The number of nitrogens with zero attached hydrogens (tertiary/aromatic N) is 1. The molecule has 0 aliphatic carbocycles. The number of carbonyl (C=O) groups is 2. The van der Waals surface area contributed by atoms with E-state index in [0.717, 1.165) is 0 Å². The second-order valence-corrected chi connectivity index (χ2v) is 5.28.